The van der Waals surface area contributed by atoms with Crippen LogP contribution in [-0.2, 0) is 13.5 Å². The van der Waals surface area contributed by atoms with E-state index in [1.54, 1.807) is 6.20 Å². The van der Waals surface area contributed by atoms with Crippen LogP contribution in [0.3, 0.4) is 0 Å². The normalized spacial score (nSPS) is 25.0. The minimum atomic E-state index is -4.05. The van der Waals surface area contributed by atoms with E-state index in [2.05, 4.69) is 10.5 Å². The topological polar surface area (TPSA) is 55.9 Å². The number of halogens is 3. The number of aryl methyl sites for hydroxylation is 2. The monoisotopic (exact) mass is 304 g/mol. The molecule has 0 spiro atoms. The van der Waals surface area contributed by atoms with Crippen LogP contribution >= 0.6 is 0 Å². The highest BCUT2D eigenvalue weighted by molar-refractivity contribution is 5.00. The largest absolute Gasteiger partial charge is 0.391 e. The van der Waals surface area contributed by atoms with Crippen molar-refractivity contribution in [3.05, 3.63) is 18.0 Å². The first-order chi connectivity index (χ1) is 9.91. The maximum absolute atomic E-state index is 12.7. The highest BCUT2D eigenvalue weighted by atomic mass is 19.4. The van der Waals surface area contributed by atoms with E-state index in [0.717, 1.165) is 18.5 Å². The lowest BCUT2D eigenvalue weighted by Gasteiger charge is -2.34. The molecule has 0 bridgehead atoms. The number of nitrogens with zero attached hydrogens (tertiary/aromatic N) is 2. The summed E-state index contributed by atoms with van der Waals surface area (Å²) < 4.78 is 39.9. The molecule has 1 fully saturated rings. The Bertz CT molecular complexity index is 436. The SMILES string of the molecule is Cn1nccc1CCC(NN)C1CCC(C(F)(F)F)CC1. The first-order valence-electron chi connectivity index (χ1n) is 7.41. The van der Waals surface area contributed by atoms with Crippen LogP contribution in [0.25, 0.3) is 0 Å². The molecule has 3 N–H and O–H groups in total. The molecule has 1 aliphatic carbocycles. The van der Waals surface area contributed by atoms with Crippen molar-refractivity contribution in [2.24, 2.45) is 24.7 Å². The number of alkyl halides is 3. The summed E-state index contributed by atoms with van der Waals surface area (Å²) in [4.78, 5) is 0. The number of rotatable bonds is 5. The zero-order valence-electron chi connectivity index (χ0n) is 12.2. The van der Waals surface area contributed by atoms with E-state index in [1.807, 2.05) is 17.8 Å². The third kappa shape index (κ3) is 4.20. The van der Waals surface area contributed by atoms with Gasteiger partial charge in [-0.05, 0) is 50.5 Å². The summed E-state index contributed by atoms with van der Waals surface area (Å²) in [5.41, 5.74) is 3.91. The molecule has 0 aromatic carbocycles. The summed E-state index contributed by atoms with van der Waals surface area (Å²) in [5.74, 6) is 4.70. The molecule has 120 valence electrons. The van der Waals surface area contributed by atoms with Crippen LogP contribution < -0.4 is 11.3 Å². The van der Waals surface area contributed by atoms with Crippen molar-refractivity contribution in [1.82, 2.24) is 15.2 Å². The van der Waals surface area contributed by atoms with Crippen molar-refractivity contribution < 1.29 is 13.2 Å². The predicted molar refractivity (Wildman–Crippen MR) is 74.1 cm³/mol. The van der Waals surface area contributed by atoms with Crippen molar-refractivity contribution in [2.45, 2.75) is 50.7 Å². The Balaban J connectivity index is 1.84. The van der Waals surface area contributed by atoms with Crippen LogP contribution in [0.5, 0.6) is 0 Å². The van der Waals surface area contributed by atoms with E-state index in [9.17, 15) is 13.2 Å². The second-order valence-electron chi connectivity index (χ2n) is 5.91. The van der Waals surface area contributed by atoms with Crippen LogP contribution in [0, 0.1) is 11.8 Å². The van der Waals surface area contributed by atoms with Gasteiger partial charge in [0.05, 0.1) is 5.92 Å². The molecule has 2 rings (SSSR count). The molecule has 1 aromatic rings. The summed E-state index contributed by atoms with van der Waals surface area (Å²) in [5, 5.41) is 4.11. The second kappa shape index (κ2) is 6.79. The van der Waals surface area contributed by atoms with E-state index < -0.39 is 12.1 Å². The molecule has 1 unspecified atom stereocenters. The first kappa shape index (κ1) is 16.3. The van der Waals surface area contributed by atoms with Gasteiger partial charge in [-0.1, -0.05) is 0 Å². The van der Waals surface area contributed by atoms with E-state index >= 15 is 0 Å². The quantitative estimate of drug-likeness (QED) is 0.649. The number of hydrazine groups is 1. The predicted octanol–water partition coefficient (Wildman–Crippen LogP) is 2.55. The van der Waals surface area contributed by atoms with Gasteiger partial charge in [0.2, 0.25) is 0 Å². The Kier molecular flexibility index (Phi) is 5.27. The Morgan fingerprint density at radius 3 is 2.52 bits per heavy atom. The van der Waals surface area contributed by atoms with Gasteiger partial charge in [-0.2, -0.15) is 18.3 Å². The van der Waals surface area contributed by atoms with Gasteiger partial charge in [0.15, 0.2) is 0 Å². The van der Waals surface area contributed by atoms with Gasteiger partial charge in [0.1, 0.15) is 0 Å². The molecule has 7 heteroatoms. The lowest BCUT2D eigenvalue weighted by molar-refractivity contribution is -0.184. The Morgan fingerprint density at radius 1 is 1.38 bits per heavy atom. The number of hydrogen-bond acceptors (Lipinski definition) is 3. The zero-order chi connectivity index (χ0) is 15.5. The lowest BCUT2D eigenvalue weighted by Crippen LogP contribution is -2.43. The summed E-state index contributed by atoms with van der Waals surface area (Å²) in [7, 11) is 1.88. The molecular weight excluding hydrogens is 281 g/mol. The number of aromatic nitrogens is 2. The number of hydrogen-bond donors (Lipinski definition) is 2. The standard InChI is InChI=1S/C14H23F3N4/c1-21-12(8-9-19-21)6-7-13(20-18)10-2-4-11(5-3-10)14(15,16)17/h8-11,13,20H,2-7,18H2,1H3. The smallest absolute Gasteiger partial charge is 0.273 e. The van der Waals surface area contributed by atoms with Crippen LogP contribution in [0.15, 0.2) is 12.3 Å². The van der Waals surface area contributed by atoms with Crippen LogP contribution in [0.1, 0.15) is 37.8 Å². The van der Waals surface area contributed by atoms with E-state index in [4.69, 9.17) is 5.84 Å². The molecule has 1 aliphatic rings. The average Bonchev–Trinajstić information content (AvgIpc) is 2.85. The van der Waals surface area contributed by atoms with Crippen molar-refractivity contribution in [3.63, 3.8) is 0 Å². The fourth-order valence-corrected chi connectivity index (χ4v) is 3.25. The van der Waals surface area contributed by atoms with Crippen molar-refractivity contribution in [1.29, 1.82) is 0 Å². The van der Waals surface area contributed by atoms with E-state index in [1.165, 1.54) is 0 Å². The highest BCUT2D eigenvalue weighted by Crippen LogP contribution is 2.40. The van der Waals surface area contributed by atoms with Gasteiger partial charge >= 0.3 is 6.18 Å². The van der Waals surface area contributed by atoms with Crippen LogP contribution in [0.2, 0.25) is 0 Å². The lowest BCUT2D eigenvalue weighted by atomic mass is 9.77. The average molecular weight is 304 g/mol. The van der Waals surface area contributed by atoms with Crippen LogP contribution in [0.4, 0.5) is 13.2 Å². The minimum Gasteiger partial charge on any atom is -0.273 e. The van der Waals surface area contributed by atoms with Gasteiger partial charge in [0, 0.05) is 25.0 Å². The van der Waals surface area contributed by atoms with Gasteiger partial charge in [-0.25, -0.2) is 0 Å². The molecular formula is C14H23F3N4. The maximum Gasteiger partial charge on any atom is 0.391 e. The van der Waals surface area contributed by atoms with Crippen molar-refractivity contribution in [2.75, 3.05) is 0 Å². The molecule has 0 saturated heterocycles. The van der Waals surface area contributed by atoms with Crippen LogP contribution in [-0.4, -0.2) is 22.0 Å². The fourth-order valence-electron chi connectivity index (χ4n) is 3.25. The first-order valence-corrected chi connectivity index (χ1v) is 7.41. The summed E-state index contributed by atoms with van der Waals surface area (Å²) >= 11 is 0. The van der Waals surface area contributed by atoms with E-state index in [0.29, 0.717) is 12.8 Å². The second-order valence-corrected chi connectivity index (χ2v) is 5.91. The molecule has 1 saturated carbocycles. The Morgan fingerprint density at radius 2 is 2.05 bits per heavy atom. The third-order valence-electron chi connectivity index (χ3n) is 4.65. The summed E-state index contributed by atoms with van der Waals surface area (Å²) in [6, 6.07) is 2.02. The Labute approximate surface area is 122 Å². The molecule has 4 nitrogen and oxygen atoms in total. The van der Waals surface area contributed by atoms with Gasteiger partial charge < -0.3 is 0 Å². The van der Waals surface area contributed by atoms with Gasteiger partial charge in [0.25, 0.3) is 0 Å². The molecule has 21 heavy (non-hydrogen) atoms. The minimum absolute atomic E-state index is 0.0640. The highest BCUT2D eigenvalue weighted by Gasteiger charge is 2.42. The maximum atomic E-state index is 12.7. The van der Waals surface area contributed by atoms with Gasteiger partial charge in [-0.3, -0.25) is 16.0 Å². The molecule has 1 heterocycles. The molecule has 1 aromatic heterocycles. The Hall–Kier alpha value is -1.08. The van der Waals surface area contributed by atoms with Crippen molar-refractivity contribution >= 4 is 0 Å². The third-order valence-corrected chi connectivity index (χ3v) is 4.65. The van der Waals surface area contributed by atoms with Crippen molar-refractivity contribution in [3.8, 4) is 0 Å². The zero-order valence-corrected chi connectivity index (χ0v) is 12.2. The molecule has 1 atom stereocenters. The van der Waals surface area contributed by atoms with E-state index in [-0.39, 0.29) is 24.8 Å². The summed E-state index contributed by atoms with van der Waals surface area (Å²) in [6.07, 6.45) is 0.951. The fraction of sp³-hybridized carbons (Fsp3) is 0.786. The number of nitrogens with two attached hydrogens (primary N) is 1. The molecule has 0 amide bonds. The number of nitrogens with one attached hydrogen (secondary N) is 1. The molecule has 0 aliphatic heterocycles. The molecule has 0 radical (unpaired) electrons. The summed E-state index contributed by atoms with van der Waals surface area (Å²) in [6.45, 7) is 0. The van der Waals surface area contributed by atoms with Gasteiger partial charge in [-0.15, -0.1) is 0 Å².